The molecule has 0 aliphatic heterocycles. The van der Waals surface area contributed by atoms with E-state index >= 15 is 0 Å². The average Bonchev–Trinajstić information content (AvgIpc) is 2.40. The second-order valence-corrected chi connectivity index (χ2v) is 4.31. The molecule has 2 rings (SSSR count). The summed E-state index contributed by atoms with van der Waals surface area (Å²) in [7, 11) is 1.58. The molecule has 0 amide bonds. The number of aromatic hydroxyl groups is 1. The predicted molar refractivity (Wildman–Crippen MR) is 71.5 cm³/mol. The quantitative estimate of drug-likeness (QED) is 0.906. The van der Waals surface area contributed by atoms with E-state index in [4.69, 9.17) is 4.74 Å². The first kappa shape index (κ1) is 12.5. The fourth-order valence-corrected chi connectivity index (χ4v) is 2.13. The van der Waals surface area contributed by atoms with Gasteiger partial charge in [-0.25, -0.2) is 0 Å². The highest BCUT2D eigenvalue weighted by molar-refractivity contribution is 5.87. The molecule has 1 aromatic heterocycles. The molecule has 18 heavy (non-hydrogen) atoms. The van der Waals surface area contributed by atoms with Gasteiger partial charge in [0.1, 0.15) is 11.5 Å². The van der Waals surface area contributed by atoms with Gasteiger partial charge in [0, 0.05) is 11.9 Å². The van der Waals surface area contributed by atoms with Crippen LogP contribution in [-0.2, 0) is 6.54 Å². The summed E-state index contributed by atoms with van der Waals surface area (Å²) >= 11 is 0. The lowest BCUT2D eigenvalue weighted by Gasteiger charge is -2.13. The van der Waals surface area contributed by atoms with Crippen LogP contribution in [0.5, 0.6) is 11.5 Å². The molecule has 0 saturated heterocycles. The molecule has 1 N–H and O–H groups in total. The van der Waals surface area contributed by atoms with Crippen LogP contribution < -0.4 is 10.3 Å². The van der Waals surface area contributed by atoms with Gasteiger partial charge in [-0.1, -0.05) is 6.92 Å². The maximum absolute atomic E-state index is 12.1. The topological polar surface area (TPSA) is 51.5 Å². The van der Waals surface area contributed by atoms with Crippen LogP contribution in [0.25, 0.3) is 10.9 Å². The first-order valence-corrected chi connectivity index (χ1v) is 6.00. The number of pyridine rings is 1. The predicted octanol–water partition coefficient (Wildman–Crippen LogP) is 2.43. The maximum Gasteiger partial charge on any atom is 0.257 e. The van der Waals surface area contributed by atoms with Crippen molar-refractivity contribution in [3.63, 3.8) is 0 Å². The van der Waals surface area contributed by atoms with Crippen molar-refractivity contribution in [2.45, 2.75) is 26.8 Å². The van der Waals surface area contributed by atoms with Crippen LogP contribution >= 0.6 is 0 Å². The fraction of sp³-hybridized carbons (Fsp3) is 0.357. The van der Waals surface area contributed by atoms with Crippen LogP contribution in [0.4, 0.5) is 0 Å². The van der Waals surface area contributed by atoms with Gasteiger partial charge in [0.05, 0.1) is 18.2 Å². The molecule has 0 aliphatic rings. The van der Waals surface area contributed by atoms with Crippen molar-refractivity contribution in [1.29, 1.82) is 0 Å². The van der Waals surface area contributed by atoms with E-state index in [1.165, 1.54) is 0 Å². The Morgan fingerprint density at radius 2 is 2.11 bits per heavy atom. The van der Waals surface area contributed by atoms with E-state index in [9.17, 15) is 9.90 Å². The number of rotatable bonds is 3. The molecule has 0 unspecified atom stereocenters. The number of aryl methyl sites for hydroxylation is 1. The molecule has 0 fully saturated rings. The monoisotopic (exact) mass is 247 g/mol. The molecule has 1 aromatic carbocycles. The average molecular weight is 247 g/mol. The molecule has 0 saturated carbocycles. The smallest absolute Gasteiger partial charge is 0.257 e. The molecule has 2 aromatic rings. The summed E-state index contributed by atoms with van der Waals surface area (Å²) in [6, 6.07) is 5.36. The van der Waals surface area contributed by atoms with Crippen LogP contribution in [0.3, 0.4) is 0 Å². The second-order valence-electron chi connectivity index (χ2n) is 4.31. The first-order valence-electron chi connectivity index (χ1n) is 6.00. The van der Waals surface area contributed by atoms with Crippen molar-refractivity contribution in [3.8, 4) is 11.5 Å². The van der Waals surface area contributed by atoms with Crippen molar-refractivity contribution in [3.05, 3.63) is 34.1 Å². The summed E-state index contributed by atoms with van der Waals surface area (Å²) in [6.45, 7) is 4.30. The lowest BCUT2D eigenvalue weighted by atomic mass is 10.1. The van der Waals surface area contributed by atoms with Gasteiger partial charge < -0.3 is 14.4 Å². The SMILES string of the molecule is CCCn1c(=O)c(C)c(O)c2cc(OC)ccc21. The number of nitrogens with zero attached hydrogens (tertiary/aromatic N) is 1. The minimum absolute atomic E-state index is 0.0428. The molecule has 0 spiro atoms. The van der Waals surface area contributed by atoms with Crippen molar-refractivity contribution in [2.24, 2.45) is 0 Å². The third-order valence-corrected chi connectivity index (χ3v) is 3.12. The summed E-state index contributed by atoms with van der Waals surface area (Å²) in [5, 5.41) is 10.7. The number of hydrogen-bond acceptors (Lipinski definition) is 3. The Bertz CT molecular complexity index is 644. The molecule has 0 atom stereocenters. The number of hydrogen-bond donors (Lipinski definition) is 1. The molecule has 4 heteroatoms. The van der Waals surface area contributed by atoms with Gasteiger partial charge in [0.2, 0.25) is 0 Å². The second kappa shape index (κ2) is 4.72. The fourth-order valence-electron chi connectivity index (χ4n) is 2.13. The molecular formula is C14H17NO3. The third kappa shape index (κ3) is 1.83. The van der Waals surface area contributed by atoms with E-state index in [1.54, 1.807) is 30.7 Å². The Balaban J connectivity index is 2.87. The van der Waals surface area contributed by atoms with Gasteiger partial charge in [-0.3, -0.25) is 4.79 Å². The lowest BCUT2D eigenvalue weighted by Crippen LogP contribution is -2.22. The normalized spacial score (nSPS) is 10.8. The maximum atomic E-state index is 12.1. The zero-order valence-electron chi connectivity index (χ0n) is 10.9. The summed E-state index contributed by atoms with van der Waals surface area (Å²) < 4.78 is 6.85. The van der Waals surface area contributed by atoms with E-state index in [0.29, 0.717) is 23.2 Å². The summed E-state index contributed by atoms with van der Waals surface area (Å²) in [5.74, 6) is 0.708. The molecule has 96 valence electrons. The Kier molecular flexibility index (Phi) is 3.28. The number of methoxy groups -OCH3 is 1. The Hall–Kier alpha value is -1.97. The molecule has 0 aliphatic carbocycles. The van der Waals surface area contributed by atoms with Crippen molar-refractivity contribution < 1.29 is 9.84 Å². The van der Waals surface area contributed by atoms with Crippen LogP contribution in [0, 0.1) is 6.92 Å². The molecule has 4 nitrogen and oxygen atoms in total. The molecule has 1 heterocycles. The Morgan fingerprint density at radius 3 is 2.72 bits per heavy atom. The number of aromatic nitrogens is 1. The molecular weight excluding hydrogens is 230 g/mol. The zero-order chi connectivity index (χ0) is 13.3. The highest BCUT2D eigenvalue weighted by atomic mass is 16.5. The van der Waals surface area contributed by atoms with Crippen molar-refractivity contribution in [1.82, 2.24) is 4.57 Å². The van der Waals surface area contributed by atoms with Gasteiger partial charge in [-0.05, 0) is 31.5 Å². The summed E-state index contributed by atoms with van der Waals surface area (Å²) in [6.07, 6.45) is 0.866. The third-order valence-electron chi connectivity index (χ3n) is 3.12. The van der Waals surface area contributed by atoms with Gasteiger partial charge in [0.15, 0.2) is 0 Å². The molecule has 0 bridgehead atoms. The largest absolute Gasteiger partial charge is 0.507 e. The summed E-state index contributed by atoms with van der Waals surface area (Å²) in [5.41, 5.74) is 0.988. The van der Waals surface area contributed by atoms with E-state index in [1.807, 2.05) is 13.0 Å². The minimum atomic E-state index is -0.132. The highest BCUT2D eigenvalue weighted by Crippen LogP contribution is 2.29. The van der Waals surface area contributed by atoms with E-state index < -0.39 is 0 Å². The van der Waals surface area contributed by atoms with Gasteiger partial charge in [0.25, 0.3) is 5.56 Å². The highest BCUT2D eigenvalue weighted by Gasteiger charge is 2.13. The first-order chi connectivity index (χ1) is 8.60. The van der Waals surface area contributed by atoms with Crippen molar-refractivity contribution >= 4 is 10.9 Å². The van der Waals surface area contributed by atoms with Crippen molar-refractivity contribution in [2.75, 3.05) is 7.11 Å². The van der Waals surface area contributed by atoms with Gasteiger partial charge >= 0.3 is 0 Å². The Labute approximate surface area is 105 Å². The Morgan fingerprint density at radius 1 is 1.39 bits per heavy atom. The van der Waals surface area contributed by atoms with Gasteiger partial charge in [-0.2, -0.15) is 0 Å². The van der Waals surface area contributed by atoms with E-state index in [2.05, 4.69) is 0 Å². The molecule has 0 radical (unpaired) electrons. The standard InChI is InChI=1S/C14H17NO3/c1-4-7-15-12-6-5-10(18-3)8-11(12)13(16)9(2)14(15)17/h5-6,8,16H,4,7H2,1-3H3. The number of fused-ring (bicyclic) bond motifs is 1. The van der Waals surface area contributed by atoms with Gasteiger partial charge in [-0.15, -0.1) is 0 Å². The zero-order valence-corrected chi connectivity index (χ0v) is 10.9. The van der Waals surface area contributed by atoms with Crippen LogP contribution in [0.15, 0.2) is 23.0 Å². The number of ether oxygens (including phenoxy) is 1. The number of benzene rings is 1. The lowest BCUT2D eigenvalue weighted by molar-refractivity contribution is 0.415. The minimum Gasteiger partial charge on any atom is -0.507 e. The van der Waals surface area contributed by atoms with Crippen LogP contribution in [0.1, 0.15) is 18.9 Å². The summed E-state index contributed by atoms with van der Waals surface area (Å²) in [4.78, 5) is 12.1. The van der Waals surface area contributed by atoms with E-state index in [-0.39, 0.29) is 11.3 Å². The van der Waals surface area contributed by atoms with Crippen LogP contribution in [-0.4, -0.2) is 16.8 Å². The van der Waals surface area contributed by atoms with E-state index in [0.717, 1.165) is 11.9 Å². The van der Waals surface area contributed by atoms with Crippen LogP contribution in [0.2, 0.25) is 0 Å².